The number of carbonyl (C=O) groups is 1. The fourth-order valence-corrected chi connectivity index (χ4v) is 2.69. The highest BCUT2D eigenvalue weighted by atomic mass is 16.5. The molecule has 0 fully saturated rings. The summed E-state index contributed by atoms with van der Waals surface area (Å²) in [6.45, 7) is 13.5. The van der Waals surface area contributed by atoms with E-state index in [-0.39, 0.29) is 5.91 Å². The maximum Gasteiger partial charge on any atom is 0.256 e. The third kappa shape index (κ3) is 6.16. The van der Waals surface area contributed by atoms with Crippen molar-refractivity contribution in [3.8, 4) is 5.75 Å². The zero-order chi connectivity index (χ0) is 18.2. The van der Waals surface area contributed by atoms with Gasteiger partial charge in [-0.25, -0.2) is 0 Å². The van der Waals surface area contributed by atoms with E-state index < -0.39 is 5.60 Å². The molecule has 0 bridgehead atoms. The number of benzene rings is 1. The summed E-state index contributed by atoms with van der Waals surface area (Å²) in [5.74, 6) is 1.15. The van der Waals surface area contributed by atoms with E-state index in [1.54, 1.807) is 0 Å². The van der Waals surface area contributed by atoms with E-state index >= 15 is 0 Å². The molecule has 0 aromatic heterocycles. The molecular weight excluding hydrogens is 302 g/mol. The molecule has 4 nitrogen and oxygen atoms in total. The summed E-state index contributed by atoms with van der Waals surface area (Å²) < 4.78 is 11.6. The van der Waals surface area contributed by atoms with Crippen molar-refractivity contribution < 1.29 is 14.3 Å². The van der Waals surface area contributed by atoms with Crippen LogP contribution in [0.15, 0.2) is 18.2 Å². The van der Waals surface area contributed by atoms with Crippen LogP contribution in [0.2, 0.25) is 0 Å². The molecule has 1 rings (SSSR count). The summed E-state index contributed by atoms with van der Waals surface area (Å²) in [7, 11) is 0. The smallest absolute Gasteiger partial charge is 0.256 e. The van der Waals surface area contributed by atoms with Crippen LogP contribution in [0, 0.1) is 12.8 Å². The predicted molar refractivity (Wildman–Crippen MR) is 99.7 cm³/mol. The van der Waals surface area contributed by atoms with Gasteiger partial charge in [0.25, 0.3) is 5.91 Å². The van der Waals surface area contributed by atoms with Gasteiger partial charge in [-0.2, -0.15) is 0 Å². The number of hydrogen-bond acceptors (Lipinski definition) is 3. The lowest BCUT2D eigenvalue weighted by Crippen LogP contribution is -2.44. The lowest BCUT2D eigenvalue weighted by Gasteiger charge is -2.30. The Balaban J connectivity index is 2.84. The van der Waals surface area contributed by atoms with Crippen LogP contribution >= 0.6 is 0 Å². The topological polar surface area (TPSA) is 47.6 Å². The molecule has 0 aliphatic rings. The highest BCUT2D eigenvalue weighted by molar-refractivity contribution is 5.97. The van der Waals surface area contributed by atoms with Gasteiger partial charge < -0.3 is 14.8 Å². The summed E-state index contributed by atoms with van der Waals surface area (Å²) >= 11 is 0. The molecule has 24 heavy (non-hydrogen) atoms. The van der Waals surface area contributed by atoms with Gasteiger partial charge in [-0.15, -0.1) is 0 Å². The first-order chi connectivity index (χ1) is 11.3. The molecule has 1 aromatic rings. The van der Waals surface area contributed by atoms with E-state index in [4.69, 9.17) is 9.47 Å². The van der Waals surface area contributed by atoms with E-state index in [1.165, 1.54) is 0 Å². The number of nitrogens with one attached hydrogen (secondary N) is 1. The minimum atomic E-state index is -0.810. The Hall–Kier alpha value is -1.55. The first kappa shape index (κ1) is 20.5. The van der Waals surface area contributed by atoms with Crippen molar-refractivity contribution in [2.75, 3.05) is 18.5 Å². The van der Waals surface area contributed by atoms with Crippen molar-refractivity contribution >= 4 is 11.6 Å². The van der Waals surface area contributed by atoms with E-state index in [0.717, 1.165) is 29.8 Å². The maximum absolute atomic E-state index is 12.8. The number of carbonyl (C=O) groups excluding carboxylic acids is 1. The van der Waals surface area contributed by atoms with Gasteiger partial charge in [0.1, 0.15) is 11.4 Å². The zero-order valence-corrected chi connectivity index (χ0v) is 16.1. The molecule has 0 saturated carbocycles. The van der Waals surface area contributed by atoms with Crippen LogP contribution < -0.4 is 10.1 Å². The average molecular weight is 335 g/mol. The number of aryl methyl sites for hydroxylation is 1. The van der Waals surface area contributed by atoms with E-state index in [0.29, 0.717) is 25.6 Å². The molecule has 1 N–H and O–H groups in total. The average Bonchev–Trinajstić information content (AvgIpc) is 2.51. The first-order valence-electron chi connectivity index (χ1n) is 9.01. The molecule has 0 spiro atoms. The van der Waals surface area contributed by atoms with Crippen molar-refractivity contribution in [3.05, 3.63) is 23.8 Å². The molecule has 0 aliphatic carbocycles. The zero-order valence-electron chi connectivity index (χ0n) is 16.1. The van der Waals surface area contributed by atoms with Crippen LogP contribution in [0.1, 0.15) is 59.4 Å². The van der Waals surface area contributed by atoms with Gasteiger partial charge >= 0.3 is 0 Å². The lowest BCUT2D eigenvalue weighted by molar-refractivity contribution is -0.141. The Morgan fingerprint density at radius 2 is 1.88 bits per heavy atom. The fourth-order valence-electron chi connectivity index (χ4n) is 2.69. The number of ether oxygens (including phenoxy) is 2. The molecular formula is C20H33NO3. The Morgan fingerprint density at radius 1 is 1.21 bits per heavy atom. The Morgan fingerprint density at radius 3 is 2.42 bits per heavy atom. The summed E-state index contributed by atoms with van der Waals surface area (Å²) in [5.41, 5.74) is 0.979. The third-order valence-electron chi connectivity index (χ3n) is 3.80. The van der Waals surface area contributed by atoms with Gasteiger partial charge in [0.2, 0.25) is 0 Å². The van der Waals surface area contributed by atoms with Crippen molar-refractivity contribution in [1.82, 2.24) is 0 Å². The van der Waals surface area contributed by atoms with Gasteiger partial charge in [-0.3, -0.25) is 4.79 Å². The highest BCUT2D eigenvalue weighted by Crippen LogP contribution is 2.26. The van der Waals surface area contributed by atoms with Crippen LogP contribution in [0.4, 0.5) is 5.69 Å². The highest BCUT2D eigenvalue weighted by Gasteiger charge is 2.35. The van der Waals surface area contributed by atoms with E-state index in [9.17, 15) is 4.79 Å². The second-order valence-corrected chi connectivity index (χ2v) is 6.96. The van der Waals surface area contributed by atoms with Gasteiger partial charge in [-0.05, 0) is 62.8 Å². The van der Waals surface area contributed by atoms with Crippen molar-refractivity contribution in [2.24, 2.45) is 5.92 Å². The Labute approximate surface area is 146 Å². The lowest BCUT2D eigenvalue weighted by atomic mass is 9.93. The van der Waals surface area contributed by atoms with Crippen molar-refractivity contribution in [2.45, 2.75) is 66.4 Å². The van der Waals surface area contributed by atoms with E-state index in [1.807, 2.05) is 39.0 Å². The predicted octanol–water partition coefficient (Wildman–Crippen LogP) is 4.95. The van der Waals surface area contributed by atoms with Gasteiger partial charge in [0.15, 0.2) is 0 Å². The fraction of sp³-hybridized carbons (Fsp3) is 0.650. The molecule has 1 aromatic carbocycles. The van der Waals surface area contributed by atoms with Gasteiger partial charge in [0.05, 0.1) is 6.61 Å². The Bertz CT molecular complexity index is 528. The molecule has 0 aliphatic heterocycles. The summed E-state index contributed by atoms with van der Waals surface area (Å²) in [6.07, 6.45) is 2.55. The Kier molecular flexibility index (Phi) is 8.26. The molecule has 0 unspecified atom stereocenters. The normalized spacial score (nSPS) is 13.6. The standard InChI is InChI=1S/C20H33NO3/c1-7-11-23-18-10-9-17(13-16(18)5)21-19(22)20(6,14-15(3)4)24-12-8-2/h9-10,13,15H,7-8,11-12,14H2,1-6H3,(H,21,22)/t20-/m1/s1. The monoisotopic (exact) mass is 335 g/mol. The summed E-state index contributed by atoms with van der Waals surface area (Å²) in [4.78, 5) is 12.8. The molecule has 1 atom stereocenters. The van der Waals surface area contributed by atoms with Crippen molar-refractivity contribution in [3.63, 3.8) is 0 Å². The van der Waals surface area contributed by atoms with Crippen LogP contribution in [0.3, 0.4) is 0 Å². The number of hydrogen-bond donors (Lipinski definition) is 1. The molecule has 136 valence electrons. The molecule has 0 heterocycles. The molecule has 4 heteroatoms. The summed E-state index contributed by atoms with van der Waals surface area (Å²) in [5, 5.41) is 3.00. The molecule has 0 saturated heterocycles. The van der Waals surface area contributed by atoms with Crippen LogP contribution in [0.5, 0.6) is 5.75 Å². The number of amides is 1. The van der Waals surface area contributed by atoms with Crippen LogP contribution in [0.25, 0.3) is 0 Å². The van der Waals surface area contributed by atoms with Crippen LogP contribution in [-0.4, -0.2) is 24.7 Å². The second-order valence-electron chi connectivity index (χ2n) is 6.96. The SMILES string of the molecule is CCCOc1ccc(NC(=O)[C@@](C)(CC(C)C)OCCC)cc1C. The minimum Gasteiger partial charge on any atom is -0.493 e. The van der Waals surface area contributed by atoms with Gasteiger partial charge in [0, 0.05) is 12.3 Å². The number of rotatable bonds is 10. The quantitative estimate of drug-likeness (QED) is 0.658. The third-order valence-corrected chi connectivity index (χ3v) is 3.80. The largest absolute Gasteiger partial charge is 0.493 e. The molecule has 1 amide bonds. The van der Waals surface area contributed by atoms with Crippen molar-refractivity contribution in [1.29, 1.82) is 0 Å². The molecule has 0 radical (unpaired) electrons. The van der Waals surface area contributed by atoms with Crippen LogP contribution in [-0.2, 0) is 9.53 Å². The van der Waals surface area contributed by atoms with Gasteiger partial charge in [-0.1, -0.05) is 27.7 Å². The first-order valence-corrected chi connectivity index (χ1v) is 9.01. The maximum atomic E-state index is 12.8. The second kappa shape index (κ2) is 9.67. The summed E-state index contributed by atoms with van der Waals surface area (Å²) in [6, 6.07) is 5.73. The number of anilines is 1. The van der Waals surface area contributed by atoms with E-state index in [2.05, 4.69) is 26.1 Å². The minimum absolute atomic E-state index is 0.0914.